The SMILES string of the molecule is CCOC=O.CNCC(C)CC1CCc2cnc(N)c(C#N)c2C1. The standard InChI is InChI=1S/C15H22N4.C3H6O2/c1-10(8-18-2)5-11-3-4-12-9-19-15(17)14(7-16)13(12)6-11;1-2-5-3-4/h9-11,18H,3-6,8H2,1-2H3,(H2,17,19);3H,2H2,1H3. The van der Waals surface area contributed by atoms with Crippen LogP contribution in [0.2, 0.25) is 0 Å². The second-order valence-corrected chi connectivity index (χ2v) is 6.19. The minimum Gasteiger partial charge on any atom is -0.468 e. The Morgan fingerprint density at radius 3 is 2.92 bits per heavy atom. The second-order valence-electron chi connectivity index (χ2n) is 6.19. The molecule has 0 saturated heterocycles. The summed E-state index contributed by atoms with van der Waals surface area (Å²) in [6.07, 6.45) is 6.23. The van der Waals surface area contributed by atoms with Crippen LogP contribution in [0.25, 0.3) is 0 Å². The molecule has 1 aromatic heterocycles. The molecule has 6 heteroatoms. The van der Waals surface area contributed by atoms with Crippen LogP contribution in [-0.2, 0) is 22.4 Å². The first-order chi connectivity index (χ1) is 11.6. The lowest BCUT2D eigenvalue weighted by molar-refractivity contribution is -0.128. The van der Waals surface area contributed by atoms with Crippen molar-refractivity contribution >= 4 is 12.3 Å². The number of anilines is 1. The van der Waals surface area contributed by atoms with Crippen molar-refractivity contribution in [2.45, 2.75) is 39.5 Å². The minimum atomic E-state index is 0.380. The summed E-state index contributed by atoms with van der Waals surface area (Å²) in [5.74, 6) is 1.70. The molecule has 1 heterocycles. The molecule has 0 bridgehead atoms. The zero-order valence-electron chi connectivity index (χ0n) is 14.8. The predicted molar refractivity (Wildman–Crippen MR) is 94.3 cm³/mol. The molecule has 6 nitrogen and oxygen atoms in total. The molecule has 1 aliphatic rings. The van der Waals surface area contributed by atoms with Gasteiger partial charge < -0.3 is 15.8 Å². The van der Waals surface area contributed by atoms with Crippen LogP contribution in [0.5, 0.6) is 0 Å². The van der Waals surface area contributed by atoms with Gasteiger partial charge in [-0.15, -0.1) is 0 Å². The number of nitriles is 1. The van der Waals surface area contributed by atoms with Crippen molar-refractivity contribution in [1.29, 1.82) is 5.26 Å². The van der Waals surface area contributed by atoms with E-state index in [4.69, 9.17) is 5.73 Å². The van der Waals surface area contributed by atoms with Crippen LogP contribution in [0.15, 0.2) is 6.20 Å². The molecule has 0 amide bonds. The fourth-order valence-electron chi connectivity index (χ4n) is 3.20. The van der Waals surface area contributed by atoms with E-state index >= 15 is 0 Å². The molecule has 0 fully saturated rings. The number of nitrogen functional groups attached to an aromatic ring is 1. The smallest absolute Gasteiger partial charge is 0.293 e. The molecule has 2 unspecified atom stereocenters. The fourth-order valence-corrected chi connectivity index (χ4v) is 3.20. The summed E-state index contributed by atoms with van der Waals surface area (Å²) >= 11 is 0. The monoisotopic (exact) mass is 332 g/mol. The van der Waals surface area contributed by atoms with Gasteiger partial charge in [0.1, 0.15) is 11.9 Å². The highest BCUT2D eigenvalue weighted by Gasteiger charge is 2.24. The molecule has 0 radical (unpaired) electrons. The van der Waals surface area contributed by atoms with Gasteiger partial charge in [0.05, 0.1) is 12.2 Å². The first-order valence-corrected chi connectivity index (χ1v) is 8.43. The maximum atomic E-state index is 9.25. The molecule has 2 rings (SSSR count). The number of aryl methyl sites for hydroxylation is 1. The quantitative estimate of drug-likeness (QED) is 0.773. The number of nitrogens with two attached hydrogens (primary N) is 1. The number of hydrogen-bond donors (Lipinski definition) is 2. The third-order valence-corrected chi connectivity index (χ3v) is 4.25. The van der Waals surface area contributed by atoms with Gasteiger partial charge in [0, 0.05) is 6.20 Å². The Balaban J connectivity index is 0.000000505. The Hall–Kier alpha value is -2.13. The minimum absolute atomic E-state index is 0.380. The lowest BCUT2D eigenvalue weighted by Crippen LogP contribution is -2.23. The number of nitrogens with one attached hydrogen (secondary N) is 1. The lowest BCUT2D eigenvalue weighted by atomic mass is 9.79. The molecule has 132 valence electrons. The average molecular weight is 332 g/mol. The highest BCUT2D eigenvalue weighted by atomic mass is 16.5. The van der Waals surface area contributed by atoms with Crippen molar-refractivity contribution in [1.82, 2.24) is 10.3 Å². The summed E-state index contributed by atoms with van der Waals surface area (Å²) in [6.45, 7) is 5.99. The van der Waals surface area contributed by atoms with Crippen LogP contribution in [0, 0.1) is 23.2 Å². The molecule has 1 aromatic rings. The molecule has 3 N–H and O–H groups in total. The average Bonchev–Trinajstić information content (AvgIpc) is 2.56. The van der Waals surface area contributed by atoms with Crippen LogP contribution < -0.4 is 11.1 Å². The molecule has 0 spiro atoms. The van der Waals surface area contributed by atoms with E-state index in [1.165, 1.54) is 18.4 Å². The van der Waals surface area contributed by atoms with E-state index in [1.807, 2.05) is 13.2 Å². The number of nitrogens with zero attached hydrogens (tertiary/aromatic N) is 2. The molecule has 0 aromatic carbocycles. The van der Waals surface area contributed by atoms with Crippen molar-refractivity contribution in [3.8, 4) is 6.07 Å². The van der Waals surface area contributed by atoms with Crippen LogP contribution in [0.3, 0.4) is 0 Å². The van der Waals surface area contributed by atoms with Crippen LogP contribution in [0.4, 0.5) is 5.82 Å². The summed E-state index contributed by atoms with van der Waals surface area (Å²) in [7, 11) is 1.99. The molecule has 24 heavy (non-hydrogen) atoms. The van der Waals surface area contributed by atoms with Crippen molar-refractivity contribution in [3.63, 3.8) is 0 Å². The van der Waals surface area contributed by atoms with E-state index in [1.54, 1.807) is 6.92 Å². The largest absolute Gasteiger partial charge is 0.468 e. The summed E-state index contributed by atoms with van der Waals surface area (Å²) < 4.78 is 4.15. The lowest BCUT2D eigenvalue weighted by Gasteiger charge is -2.27. The Kier molecular flexibility index (Phi) is 8.80. The highest BCUT2D eigenvalue weighted by molar-refractivity contribution is 5.56. The van der Waals surface area contributed by atoms with E-state index in [0.29, 0.717) is 36.3 Å². The van der Waals surface area contributed by atoms with E-state index in [0.717, 1.165) is 24.9 Å². The van der Waals surface area contributed by atoms with E-state index in [2.05, 4.69) is 28.0 Å². The van der Waals surface area contributed by atoms with Crippen molar-refractivity contribution in [3.05, 3.63) is 22.9 Å². The van der Waals surface area contributed by atoms with E-state index in [9.17, 15) is 10.1 Å². The van der Waals surface area contributed by atoms with Gasteiger partial charge in [0.2, 0.25) is 0 Å². The summed E-state index contributed by atoms with van der Waals surface area (Å²) in [4.78, 5) is 13.3. The van der Waals surface area contributed by atoms with Crippen molar-refractivity contribution < 1.29 is 9.53 Å². The van der Waals surface area contributed by atoms with Gasteiger partial charge in [-0.25, -0.2) is 4.98 Å². The van der Waals surface area contributed by atoms with Crippen molar-refractivity contribution in [2.24, 2.45) is 11.8 Å². The zero-order valence-corrected chi connectivity index (χ0v) is 14.8. The third-order valence-electron chi connectivity index (χ3n) is 4.25. The van der Waals surface area contributed by atoms with Gasteiger partial charge in [-0.1, -0.05) is 6.92 Å². The fraction of sp³-hybridized carbons (Fsp3) is 0.611. The van der Waals surface area contributed by atoms with Gasteiger partial charge >= 0.3 is 0 Å². The second kappa shape index (κ2) is 10.6. The Morgan fingerprint density at radius 2 is 2.38 bits per heavy atom. The van der Waals surface area contributed by atoms with Gasteiger partial charge in [-0.3, -0.25) is 4.79 Å². The van der Waals surface area contributed by atoms with Gasteiger partial charge in [-0.2, -0.15) is 5.26 Å². The predicted octanol–water partition coefficient (Wildman–Crippen LogP) is 2.07. The van der Waals surface area contributed by atoms with E-state index in [-0.39, 0.29) is 0 Å². The topological polar surface area (TPSA) is 101 Å². The maximum absolute atomic E-state index is 9.25. The summed E-state index contributed by atoms with van der Waals surface area (Å²) in [5.41, 5.74) is 8.76. The van der Waals surface area contributed by atoms with E-state index < -0.39 is 0 Å². The van der Waals surface area contributed by atoms with Crippen LogP contribution in [-0.4, -0.2) is 31.7 Å². The maximum Gasteiger partial charge on any atom is 0.293 e. The zero-order chi connectivity index (χ0) is 17.9. The van der Waals surface area contributed by atoms with Gasteiger partial charge in [0.25, 0.3) is 6.47 Å². The Labute approximate surface area is 144 Å². The number of ether oxygens (including phenoxy) is 1. The van der Waals surface area contributed by atoms with Gasteiger partial charge in [-0.05, 0) is 69.2 Å². The third kappa shape index (κ3) is 5.82. The number of hydrogen-bond acceptors (Lipinski definition) is 6. The Bertz CT molecular complexity index is 569. The number of pyridine rings is 1. The molecular weight excluding hydrogens is 304 g/mol. The summed E-state index contributed by atoms with van der Waals surface area (Å²) in [5, 5.41) is 12.5. The number of carbonyl (C=O) groups excluding carboxylic acids is 1. The van der Waals surface area contributed by atoms with Crippen molar-refractivity contribution in [2.75, 3.05) is 25.9 Å². The number of carbonyl (C=O) groups is 1. The van der Waals surface area contributed by atoms with Gasteiger partial charge in [0.15, 0.2) is 0 Å². The normalized spacial score (nSPS) is 16.8. The highest BCUT2D eigenvalue weighted by Crippen LogP contribution is 2.32. The first kappa shape index (κ1) is 19.9. The van der Waals surface area contributed by atoms with Crippen LogP contribution >= 0.6 is 0 Å². The molecule has 2 atom stereocenters. The summed E-state index contributed by atoms with van der Waals surface area (Å²) in [6, 6.07) is 2.22. The van der Waals surface area contributed by atoms with Crippen LogP contribution in [0.1, 0.15) is 43.4 Å². The molecule has 0 saturated carbocycles. The Morgan fingerprint density at radius 1 is 1.62 bits per heavy atom. The number of aromatic nitrogens is 1. The molecule has 1 aliphatic carbocycles. The number of rotatable bonds is 6. The number of fused-ring (bicyclic) bond motifs is 1. The molecular formula is C18H28N4O2. The first-order valence-electron chi connectivity index (χ1n) is 8.43. The molecule has 0 aliphatic heterocycles.